The van der Waals surface area contributed by atoms with E-state index in [9.17, 15) is 0 Å². The van der Waals surface area contributed by atoms with Crippen LogP contribution in [0.2, 0.25) is 0 Å². The van der Waals surface area contributed by atoms with Crippen LogP contribution < -0.4 is 5.32 Å². The van der Waals surface area contributed by atoms with E-state index < -0.39 is 0 Å². The number of hydrogen-bond donors (Lipinski definition) is 1. The minimum absolute atomic E-state index is 0.526. The van der Waals surface area contributed by atoms with Gasteiger partial charge in [0.05, 0.1) is 5.71 Å². The van der Waals surface area contributed by atoms with Crippen LogP contribution in [0.1, 0.15) is 16.7 Å². The molecule has 0 aromatic heterocycles. The zero-order valence-electron chi connectivity index (χ0n) is 9.76. The number of aliphatic imine (C=N–C) groups is 1. The van der Waals surface area contributed by atoms with Gasteiger partial charge in [-0.2, -0.15) is 0 Å². The smallest absolute Gasteiger partial charge is 0.109 e. The lowest BCUT2D eigenvalue weighted by Gasteiger charge is -2.09. The Bertz CT molecular complexity index is 617. The second-order valence-electron chi connectivity index (χ2n) is 4.08. The zero-order chi connectivity index (χ0) is 12.4. The number of nitrogens with zero attached hydrogens (tertiary/aromatic N) is 1. The first-order chi connectivity index (χ1) is 8.86. The van der Waals surface area contributed by atoms with Gasteiger partial charge >= 0.3 is 0 Å². The molecule has 0 unspecified atom stereocenters. The van der Waals surface area contributed by atoms with Gasteiger partial charge in [0.2, 0.25) is 0 Å². The van der Waals surface area contributed by atoms with Crippen molar-refractivity contribution in [3.05, 3.63) is 71.3 Å². The van der Waals surface area contributed by atoms with Crippen LogP contribution in [0.5, 0.6) is 0 Å². The summed E-state index contributed by atoms with van der Waals surface area (Å²) in [6, 6.07) is 18.3. The van der Waals surface area contributed by atoms with Crippen LogP contribution >= 0.6 is 12.2 Å². The number of nitrogens with one attached hydrogen (secondary N) is 1. The summed E-state index contributed by atoms with van der Waals surface area (Å²) in [5, 5.41) is 3.14. The summed E-state index contributed by atoms with van der Waals surface area (Å²) in [5.41, 5.74) is 4.27. The first kappa shape index (κ1) is 11.1. The van der Waals surface area contributed by atoms with Crippen molar-refractivity contribution in [2.75, 3.05) is 6.67 Å². The summed E-state index contributed by atoms with van der Waals surface area (Å²) < 4.78 is 0. The molecule has 1 aliphatic rings. The second kappa shape index (κ2) is 4.70. The third kappa shape index (κ3) is 1.93. The third-order valence-corrected chi connectivity index (χ3v) is 3.32. The van der Waals surface area contributed by atoms with Crippen molar-refractivity contribution < 1.29 is 0 Å². The third-order valence-electron chi connectivity index (χ3n) is 2.95. The summed E-state index contributed by atoms with van der Waals surface area (Å²) in [5.74, 6) is 0. The molecule has 0 radical (unpaired) electrons. The Kier molecular flexibility index (Phi) is 2.90. The van der Waals surface area contributed by atoms with Gasteiger partial charge in [-0.15, -0.1) is 0 Å². The fourth-order valence-electron chi connectivity index (χ4n) is 2.10. The molecule has 3 heteroatoms. The van der Waals surface area contributed by atoms with Gasteiger partial charge in [0.25, 0.3) is 0 Å². The fourth-order valence-corrected chi connectivity index (χ4v) is 2.34. The molecule has 2 nitrogen and oxygen atoms in total. The van der Waals surface area contributed by atoms with Crippen LogP contribution in [0.25, 0.3) is 0 Å². The van der Waals surface area contributed by atoms with Crippen LogP contribution in [0.15, 0.2) is 59.6 Å². The topological polar surface area (TPSA) is 24.4 Å². The minimum Gasteiger partial charge on any atom is -0.357 e. The molecule has 0 atom stereocenters. The molecule has 3 rings (SSSR count). The van der Waals surface area contributed by atoms with Crippen LogP contribution in [0, 0.1) is 0 Å². The summed E-state index contributed by atoms with van der Waals surface area (Å²) in [6.45, 7) is 0.526. The van der Waals surface area contributed by atoms with Crippen molar-refractivity contribution in [1.82, 2.24) is 5.32 Å². The van der Waals surface area contributed by atoms with Gasteiger partial charge in [-0.1, -0.05) is 66.8 Å². The lowest BCUT2D eigenvalue weighted by atomic mass is 9.98. The van der Waals surface area contributed by atoms with Gasteiger partial charge in [0, 0.05) is 16.7 Å². The number of fused-ring (bicyclic) bond motifs is 1. The Hall–Kier alpha value is -2.00. The molecule has 0 bridgehead atoms. The van der Waals surface area contributed by atoms with Gasteiger partial charge in [0.15, 0.2) is 0 Å². The fraction of sp³-hybridized carbons (Fsp3) is 0.0667. The zero-order valence-corrected chi connectivity index (χ0v) is 10.6. The van der Waals surface area contributed by atoms with Crippen LogP contribution in [-0.2, 0) is 0 Å². The predicted octanol–water partition coefficient (Wildman–Crippen LogP) is 2.76. The number of thiocarbonyl (C=S) groups is 1. The average molecular weight is 252 g/mol. The monoisotopic (exact) mass is 252 g/mol. The van der Waals surface area contributed by atoms with Gasteiger partial charge < -0.3 is 5.32 Å². The lowest BCUT2D eigenvalue weighted by molar-refractivity contribution is 0.947. The molecule has 0 spiro atoms. The molecule has 1 heterocycles. The summed E-state index contributed by atoms with van der Waals surface area (Å²) in [7, 11) is 0. The van der Waals surface area contributed by atoms with Crippen molar-refractivity contribution >= 4 is 22.9 Å². The predicted molar refractivity (Wildman–Crippen MR) is 78.2 cm³/mol. The molecule has 0 fully saturated rings. The van der Waals surface area contributed by atoms with E-state index in [0.717, 1.165) is 27.4 Å². The Morgan fingerprint density at radius 3 is 2.33 bits per heavy atom. The van der Waals surface area contributed by atoms with Crippen molar-refractivity contribution in [3.63, 3.8) is 0 Å². The van der Waals surface area contributed by atoms with E-state index in [1.165, 1.54) is 0 Å². The summed E-state index contributed by atoms with van der Waals surface area (Å²) in [4.78, 5) is 5.37. The van der Waals surface area contributed by atoms with Crippen LogP contribution in [0.4, 0.5) is 0 Å². The highest BCUT2D eigenvalue weighted by Gasteiger charge is 2.16. The number of hydrogen-bond acceptors (Lipinski definition) is 2. The molecule has 0 saturated carbocycles. The highest BCUT2D eigenvalue weighted by Crippen LogP contribution is 2.18. The van der Waals surface area contributed by atoms with Crippen molar-refractivity contribution in [2.24, 2.45) is 4.99 Å². The Morgan fingerprint density at radius 2 is 1.56 bits per heavy atom. The lowest BCUT2D eigenvalue weighted by Crippen LogP contribution is -2.21. The van der Waals surface area contributed by atoms with E-state index in [4.69, 9.17) is 12.2 Å². The van der Waals surface area contributed by atoms with Gasteiger partial charge in [-0.3, -0.25) is 4.99 Å². The van der Waals surface area contributed by atoms with E-state index in [1.54, 1.807) is 0 Å². The normalized spacial score (nSPS) is 14.2. The van der Waals surface area contributed by atoms with Crippen LogP contribution in [0.3, 0.4) is 0 Å². The average Bonchev–Trinajstić information content (AvgIpc) is 2.60. The van der Waals surface area contributed by atoms with Crippen molar-refractivity contribution in [2.45, 2.75) is 0 Å². The first-order valence-corrected chi connectivity index (χ1v) is 6.24. The van der Waals surface area contributed by atoms with E-state index in [1.807, 2.05) is 36.4 Å². The molecule has 1 aliphatic heterocycles. The molecule has 2 aromatic rings. The summed E-state index contributed by atoms with van der Waals surface area (Å²) in [6.07, 6.45) is 0. The molecule has 0 saturated heterocycles. The van der Waals surface area contributed by atoms with Crippen molar-refractivity contribution in [1.29, 1.82) is 0 Å². The SMILES string of the molecule is S=C1NCN=C(c2ccccc2)c2ccccc21. The van der Waals surface area contributed by atoms with Crippen LogP contribution in [-0.4, -0.2) is 17.4 Å². The number of rotatable bonds is 1. The van der Waals surface area contributed by atoms with Crippen molar-refractivity contribution in [3.8, 4) is 0 Å². The molecule has 2 aromatic carbocycles. The Balaban J connectivity index is 2.19. The van der Waals surface area contributed by atoms with E-state index in [-0.39, 0.29) is 0 Å². The second-order valence-corrected chi connectivity index (χ2v) is 4.49. The molecular weight excluding hydrogens is 240 g/mol. The van der Waals surface area contributed by atoms with E-state index in [2.05, 4.69) is 28.5 Å². The summed E-state index contributed by atoms with van der Waals surface area (Å²) >= 11 is 5.37. The largest absolute Gasteiger partial charge is 0.357 e. The minimum atomic E-state index is 0.526. The standard InChI is InChI=1S/C15H12N2S/c18-15-13-9-5-4-8-12(13)14(16-10-17-15)11-6-2-1-3-7-11/h1-9H,10H2,(H,17,18). The molecule has 0 aliphatic carbocycles. The van der Waals surface area contributed by atoms with E-state index >= 15 is 0 Å². The Labute approximate surface area is 111 Å². The van der Waals surface area contributed by atoms with Gasteiger partial charge in [0.1, 0.15) is 11.7 Å². The molecule has 1 N–H and O–H groups in total. The quantitative estimate of drug-likeness (QED) is 0.789. The maximum absolute atomic E-state index is 5.37. The highest BCUT2D eigenvalue weighted by atomic mass is 32.1. The molecule has 88 valence electrons. The maximum Gasteiger partial charge on any atom is 0.109 e. The number of benzene rings is 2. The maximum atomic E-state index is 5.37. The Morgan fingerprint density at radius 1 is 0.889 bits per heavy atom. The molecular formula is C15H12N2S. The van der Waals surface area contributed by atoms with Gasteiger partial charge in [-0.05, 0) is 0 Å². The highest BCUT2D eigenvalue weighted by molar-refractivity contribution is 7.80. The molecule has 18 heavy (non-hydrogen) atoms. The first-order valence-electron chi connectivity index (χ1n) is 5.84. The van der Waals surface area contributed by atoms with E-state index in [0.29, 0.717) is 6.67 Å². The van der Waals surface area contributed by atoms with Gasteiger partial charge in [-0.25, -0.2) is 0 Å². The molecule has 0 amide bonds.